The molecule has 1 atom stereocenters. The quantitative estimate of drug-likeness (QED) is 0.723. The molecule has 0 saturated heterocycles. The Hall–Kier alpha value is -0.900. The summed E-state index contributed by atoms with van der Waals surface area (Å²) in [5.41, 5.74) is 0. The van der Waals surface area contributed by atoms with Crippen LogP contribution in [0.2, 0.25) is 0 Å². The number of nitrogens with one attached hydrogen (secondary N) is 1. The van der Waals surface area contributed by atoms with Crippen LogP contribution in [0, 0.1) is 0 Å². The lowest BCUT2D eigenvalue weighted by atomic mass is 10.3. The molecule has 0 bridgehead atoms. The topological polar surface area (TPSA) is 29.9 Å². The largest absolute Gasteiger partial charge is 0.353 e. The van der Waals surface area contributed by atoms with Crippen molar-refractivity contribution in [1.82, 2.24) is 9.55 Å². The molecule has 0 aliphatic rings. The summed E-state index contributed by atoms with van der Waals surface area (Å²) in [5.74, 6) is 2.11. The van der Waals surface area contributed by atoms with E-state index in [2.05, 4.69) is 34.6 Å². The standard InChI is InChI=1S/C11H19N3S/c1-4-7-14-8-6-12-11(14)13-10(2)5-9-15-3/h4,6,8,10H,1,5,7,9H2,2-3H3,(H,12,13). The number of hydrogen-bond donors (Lipinski definition) is 1. The second-order valence-electron chi connectivity index (χ2n) is 3.52. The third-order valence-electron chi connectivity index (χ3n) is 2.17. The number of anilines is 1. The Labute approximate surface area is 96.0 Å². The van der Waals surface area contributed by atoms with Crippen LogP contribution in [0.1, 0.15) is 13.3 Å². The summed E-state index contributed by atoms with van der Waals surface area (Å²) >= 11 is 1.87. The fraction of sp³-hybridized carbons (Fsp3) is 0.545. The second kappa shape index (κ2) is 6.56. The molecule has 1 rings (SSSR count). The summed E-state index contributed by atoms with van der Waals surface area (Å²) in [5, 5.41) is 3.40. The molecule has 1 aromatic rings. The summed E-state index contributed by atoms with van der Waals surface area (Å²) in [4.78, 5) is 4.28. The van der Waals surface area contributed by atoms with Gasteiger partial charge < -0.3 is 9.88 Å². The Balaban J connectivity index is 2.47. The maximum atomic E-state index is 4.28. The van der Waals surface area contributed by atoms with Crippen molar-refractivity contribution in [2.24, 2.45) is 0 Å². The molecule has 0 aromatic carbocycles. The second-order valence-corrected chi connectivity index (χ2v) is 4.50. The molecule has 1 N–H and O–H groups in total. The number of imidazole rings is 1. The van der Waals surface area contributed by atoms with Crippen LogP contribution < -0.4 is 5.32 Å². The van der Waals surface area contributed by atoms with Crippen molar-refractivity contribution in [2.45, 2.75) is 25.9 Å². The highest BCUT2D eigenvalue weighted by Crippen LogP contribution is 2.09. The third kappa shape index (κ3) is 4.00. The highest BCUT2D eigenvalue weighted by atomic mass is 32.2. The molecule has 3 nitrogen and oxygen atoms in total. The van der Waals surface area contributed by atoms with Crippen molar-refractivity contribution in [3.63, 3.8) is 0 Å². The van der Waals surface area contributed by atoms with Gasteiger partial charge in [-0.25, -0.2) is 4.98 Å². The molecule has 0 aliphatic heterocycles. The van der Waals surface area contributed by atoms with E-state index < -0.39 is 0 Å². The van der Waals surface area contributed by atoms with Crippen LogP contribution >= 0.6 is 11.8 Å². The highest BCUT2D eigenvalue weighted by molar-refractivity contribution is 7.98. The van der Waals surface area contributed by atoms with E-state index in [-0.39, 0.29) is 0 Å². The van der Waals surface area contributed by atoms with Crippen LogP contribution in [0.15, 0.2) is 25.0 Å². The van der Waals surface area contributed by atoms with E-state index in [1.54, 1.807) is 0 Å². The summed E-state index contributed by atoms with van der Waals surface area (Å²) in [7, 11) is 0. The lowest BCUT2D eigenvalue weighted by Crippen LogP contribution is -2.19. The van der Waals surface area contributed by atoms with E-state index in [9.17, 15) is 0 Å². The molecule has 4 heteroatoms. The van der Waals surface area contributed by atoms with Crippen molar-refractivity contribution in [2.75, 3.05) is 17.3 Å². The minimum absolute atomic E-state index is 0.461. The van der Waals surface area contributed by atoms with E-state index in [1.807, 2.05) is 30.2 Å². The fourth-order valence-electron chi connectivity index (χ4n) is 1.32. The van der Waals surface area contributed by atoms with Gasteiger partial charge in [0.1, 0.15) is 0 Å². The predicted octanol–water partition coefficient (Wildman–Crippen LogP) is 2.62. The number of nitrogens with zero attached hydrogens (tertiary/aromatic N) is 2. The van der Waals surface area contributed by atoms with E-state index in [0.29, 0.717) is 6.04 Å². The zero-order valence-electron chi connectivity index (χ0n) is 9.44. The first kappa shape index (κ1) is 12.2. The molecule has 0 saturated carbocycles. The average Bonchev–Trinajstić information content (AvgIpc) is 2.63. The van der Waals surface area contributed by atoms with Crippen LogP contribution in [0.3, 0.4) is 0 Å². The summed E-state index contributed by atoms with van der Waals surface area (Å²) in [6.45, 7) is 6.71. The third-order valence-corrected chi connectivity index (χ3v) is 2.82. The molecule has 1 aromatic heterocycles. The van der Waals surface area contributed by atoms with E-state index in [4.69, 9.17) is 0 Å². The fourth-order valence-corrected chi connectivity index (χ4v) is 1.91. The normalized spacial score (nSPS) is 12.4. The first-order chi connectivity index (χ1) is 7.27. The molecule has 0 spiro atoms. The number of hydrogen-bond acceptors (Lipinski definition) is 3. The molecular weight excluding hydrogens is 206 g/mol. The molecule has 0 fully saturated rings. The summed E-state index contributed by atoms with van der Waals surface area (Å²) in [6, 6.07) is 0.461. The zero-order valence-corrected chi connectivity index (χ0v) is 10.3. The lowest BCUT2D eigenvalue weighted by Gasteiger charge is -2.14. The van der Waals surface area contributed by atoms with E-state index >= 15 is 0 Å². The van der Waals surface area contributed by atoms with Gasteiger partial charge >= 0.3 is 0 Å². The van der Waals surface area contributed by atoms with E-state index in [1.165, 1.54) is 5.75 Å². The number of thioether (sulfide) groups is 1. The summed E-state index contributed by atoms with van der Waals surface area (Å²) < 4.78 is 2.06. The zero-order chi connectivity index (χ0) is 11.1. The van der Waals surface area contributed by atoms with Crippen LogP contribution in [0.4, 0.5) is 5.95 Å². The molecule has 15 heavy (non-hydrogen) atoms. The van der Waals surface area contributed by atoms with Crippen molar-refractivity contribution in [3.05, 3.63) is 25.0 Å². The van der Waals surface area contributed by atoms with Gasteiger partial charge in [0.2, 0.25) is 5.95 Å². The first-order valence-electron chi connectivity index (χ1n) is 5.15. The van der Waals surface area contributed by atoms with Gasteiger partial charge in [0.25, 0.3) is 0 Å². The van der Waals surface area contributed by atoms with Gasteiger partial charge in [-0.1, -0.05) is 6.08 Å². The average molecular weight is 225 g/mol. The Bertz CT molecular complexity index is 296. The van der Waals surface area contributed by atoms with Crippen molar-refractivity contribution in [3.8, 4) is 0 Å². The van der Waals surface area contributed by atoms with Crippen molar-refractivity contribution < 1.29 is 0 Å². The van der Waals surface area contributed by atoms with Crippen LogP contribution in [0.5, 0.6) is 0 Å². The Morgan fingerprint density at radius 1 is 1.73 bits per heavy atom. The van der Waals surface area contributed by atoms with Gasteiger partial charge in [-0.05, 0) is 25.4 Å². The van der Waals surface area contributed by atoms with Crippen molar-refractivity contribution in [1.29, 1.82) is 0 Å². The molecular formula is C11H19N3S. The predicted molar refractivity (Wildman–Crippen MR) is 68.5 cm³/mol. The van der Waals surface area contributed by atoms with Gasteiger partial charge in [-0.3, -0.25) is 0 Å². The smallest absolute Gasteiger partial charge is 0.203 e. The molecule has 0 radical (unpaired) electrons. The SMILES string of the molecule is C=CCn1ccnc1NC(C)CCSC. The van der Waals surface area contributed by atoms with Crippen LogP contribution in [0.25, 0.3) is 0 Å². The summed E-state index contributed by atoms with van der Waals surface area (Å²) in [6.07, 6.45) is 8.94. The minimum atomic E-state index is 0.461. The van der Waals surface area contributed by atoms with E-state index in [0.717, 1.165) is 18.9 Å². The molecule has 84 valence electrons. The monoisotopic (exact) mass is 225 g/mol. The Morgan fingerprint density at radius 2 is 2.53 bits per heavy atom. The van der Waals surface area contributed by atoms with Crippen LogP contribution in [-0.4, -0.2) is 27.6 Å². The number of aromatic nitrogens is 2. The highest BCUT2D eigenvalue weighted by Gasteiger charge is 2.05. The number of rotatable bonds is 7. The van der Waals surface area contributed by atoms with Crippen LogP contribution in [-0.2, 0) is 6.54 Å². The Kier molecular flexibility index (Phi) is 5.32. The lowest BCUT2D eigenvalue weighted by molar-refractivity contribution is 0.734. The maximum absolute atomic E-state index is 4.28. The van der Waals surface area contributed by atoms with Crippen molar-refractivity contribution >= 4 is 17.7 Å². The number of allylic oxidation sites excluding steroid dienone is 1. The molecule has 1 unspecified atom stereocenters. The van der Waals surface area contributed by atoms with Gasteiger partial charge in [-0.2, -0.15) is 11.8 Å². The maximum Gasteiger partial charge on any atom is 0.203 e. The Morgan fingerprint density at radius 3 is 3.20 bits per heavy atom. The minimum Gasteiger partial charge on any atom is -0.353 e. The first-order valence-corrected chi connectivity index (χ1v) is 6.54. The van der Waals surface area contributed by atoms with Gasteiger partial charge in [-0.15, -0.1) is 6.58 Å². The van der Waals surface area contributed by atoms with Gasteiger partial charge in [0.05, 0.1) is 0 Å². The molecule has 0 aliphatic carbocycles. The molecule has 0 amide bonds. The van der Waals surface area contributed by atoms with Gasteiger partial charge in [0.15, 0.2) is 0 Å². The van der Waals surface area contributed by atoms with Gasteiger partial charge in [0, 0.05) is 25.0 Å². The molecule has 1 heterocycles.